The summed E-state index contributed by atoms with van der Waals surface area (Å²) in [5.74, 6) is -1.41. The summed E-state index contributed by atoms with van der Waals surface area (Å²) < 4.78 is 5.00. The standard InChI is InChI=1S/C12H16N2O4S/c1-7-10(19-9(13-7)6-18-2)11(15)14-4-3-8(5-14)12(16)17/h8H,3-6H2,1-2H3,(H,16,17). The van der Waals surface area contributed by atoms with E-state index in [9.17, 15) is 9.59 Å². The maximum Gasteiger partial charge on any atom is 0.308 e. The molecule has 2 heterocycles. The average Bonchev–Trinajstić information content (AvgIpc) is 2.96. The van der Waals surface area contributed by atoms with Crippen molar-refractivity contribution in [3.8, 4) is 0 Å². The van der Waals surface area contributed by atoms with E-state index in [1.807, 2.05) is 0 Å². The van der Waals surface area contributed by atoms with Crippen molar-refractivity contribution in [1.82, 2.24) is 9.88 Å². The molecule has 19 heavy (non-hydrogen) atoms. The Hall–Kier alpha value is -1.47. The minimum Gasteiger partial charge on any atom is -0.481 e. The molecule has 1 aliphatic rings. The number of carbonyl (C=O) groups excluding carboxylic acids is 1. The summed E-state index contributed by atoms with van der Waals surface area (Å²) in [4.78, 5) is 29.7. The van der Waals surface area contributed by atoms with Gasteiger partial charge in [-0.2, -0.15) is 0 Å². The summed E-state index contributed by atoms with van der Waals surface area (Å²) >= 11 is 1.31. The van der Waals surface area contributed by atoms with E-state index in [0.717, 1.165) is 5.01 Å². The van der Waals surface area contributed by atoms with Crippen molar-refractivity contribution in [3.63, 3.8) is 0 Å². The smallest absolute Gasteiger partial charge is 0.308 e. The lowest BCUT2D eigenvalue weighted by molar-refractivity contribution is -0.141. The van der Waals surface area contributed by atoms with Gasteiger partial charge in [0.15, 0.2) is 0 Å². The van der Waals surface area contributed by atoms with Crippen LogP contribution >= 0.6 is 11.3 Å². The van der Waals surface area contributed by atoms with Crippen LogP contribution in [0.4, 0.5) is 0 Å². The van der Waals surface area contributed by atoms with E-state index in [1.54, 1.807) is 18.9 Å². The Balaban J connectivity index is 2.10. The molecular formula is C12H16N2O4S. The summed E-state index contributed by atoms with van der Waals surface area (Å²) in [6, 6.07) is 0. The zero-order chi connectivity index (χ0) is 14.0. The van der Waals surface area contributed by atoms with Crippen molar-refractivity contribution in [2.75, 3.05) is 20.2 Å². The van der Waals surface area contributed by atoms with Crippen LogP contribution in [0.2, 0.25) is 0 Å². The van der Waals surface area contributed by atoms with Gasteiger partial charge in [-0.15, -0.1) is 11.3 Å². The zero-order valence-corrected chi connectivity index (χ0v) is 11.7. The van der Waals surface area contributed by atoms with Crippen molar-refractivity contribution in [2.24, 2.45) is 5.92 Å². The molecule has 1 fully saturated rings. The Morgan fingerprint density at radius 2 is 2.32 bits per heavy atom. The second-order valence-electron chi connectivity index (χ2n) is 4.53. The molecule has 1 aromatic rings. The number of thiazole rings is 1. The lowest BCUT2D eigenvalue weighted by Gasteiger charge is -2.14. The fraction of sp³-hybridized carbons (Fsp3) is 0.583. The quantitative estimate of drug-likeness (QED) is 0.897. The molecule has 0 aromatic carbocycles. The molecule has 1 unspecified atom stereocenters. The molecule has 2 rings (SSSR count). The zero-order valence-electron chi connectivity index (χ0n) is 10.9. The lowest BCUT2D eigenvalue weighted by Crippen LogP contribution is -2.29. The SMILES string of the molecule is COCc1nc(C)c(C(=O)N2CCC(C(=O)O)C2)s1. The molecule has 1 N–H and O–H groups in total. The van der Waals surface area contributed by atoms with E-state index in [4.69, 9.17) is 9.84 Å². The molecule has 1 saturated heterocycles. The molecule has 0 bridgehead atoms. The molecular weight excluding hydrogens is 268 g/mol. The monoisotopic (exact) mass is 284 g/mol. The van der Waals surface area contributed by atoms with Gasteiger partial charge in [0, 0.05) is 20.2 Å². The third kappa shape index (κ3) is 2.93. The van der Waals surface area contributed by atoms with Crippen LogP contribution in [-0.4, -0.2) is 47.1 Å². The third-order valence-corrected chi connectivity index (χ3v) is 4.25. The minimum absolute atomic E-state index is 0.124. The predicted octanol–water partition coefficient (Wildman–Crippen LogP) is 1.14. The molecule has 0 saturated carbocycles. The summed E-state index contributed by atoms with van der Waals surface area (Å²) in [7, 11) is 1.58. The van der Waals surface area contributed by atoms with E-state index in [-0.39, 0.29) is 12.5 Å². The highest BCUT2D eigenvalue weighted by Gasteiger charge is 2.32. The lowest BCUT2D eigenvalue weighted by atomic mass is 10.1. The van der Waals surface area contributed by atoms with Crippen molar-refractivity contribution in [3.05, 3.63) is 15.6 Å². The number of methoxy groups -OCH3 is 1. The number of carboxylic acids is 1. The van der Waals surface area contributed by atoms with Crippen molar-refractivity contribution < 1.29 is 19.4 Å². The maximum absolute atomic E-state index is 12.3. The van der Waals surface area contributed by atoms with Crippen LogP contribution in [0.5, 0.6) is 0 Å². The van der Waals surface area contributed by atoms with Crippen LogP contribution in [0.25, 0.3) is 0 Å². The topological polar surface area (TPSA) is 79.7 Å². The molecule has 1 amide bonds. The number of hydrogen-bond donors (Lipinski definition) is 1. The van der Waals surface area contributed by atoms with Crippen LogP contribution in [0.3, 0.4) is 0 Å². The van der Waals surface area contributed by atoms with Gasteiger partial charge in [0.1, 0.15) is 9.88 Å². The Labute approximate surface area is 115 Å². The Bertz CT molecular complexity index is 500. The van der Waals surface area contributed by atoms with Crippen LogP contribution < -0.4 is 0 Å². The van der Waals surface area contributed by atoms with Crippen molar-refractivity contribution in [2.45, 2.75) is 20.0 Å². The van der Waals surface area contributed by atoms with Gasteiger partial charge in [0.2, 0.25) is 0 Å². The van der Waals surface area contributed by atoms with Crippen LogP contribution in [0, 0.1) is 12.8 Å². The number of aromatic nitrogens is 1. The van der Waals surface area contributed by atoms with Gasteiger partial charge in [-0.3, -0.25) is 9.59 Å². The largest absolute Gasteiger partial charge is 0.481 e. The fourth-order valence-corrected chi connectivity index (χ4v) is 3.13. The average molecular weight is 284 g/mol. The Morgan fingerprint density at radius 3 is 2.89 bits per heavy atom. The Morgan fingerprint density at radius 1 is 1.58 bits per heavy atom. The molecule has 0 radical (unpaired) electrons. The number of carboxylic acid groups (broad SMARTS) is 1. The van der Waals surface area contributed by atoms with E-state index in [2.05, 4.69) is 4.98 Å². The van der Waals surface area contributed by atoms with Gasteiger partial charge < -0.3 is 14.7 Å². The number of rotatable bonds is 4. The first-order valence-electron chi connectivity index (χ1n) is 6.00. The minimum atomic E-state index is -0.837. The first-order chi connectivity index (χ1) is 9.02. The van der Waals surface area contributed by atoms with E-state index >= 15 is 0 Å². The number of amides is 1. The first-order valence-corrected chi connectivity index (χ1v) is 6.82. The summed E-state index contributed by atoms with van der Waals surface area (Å²) in [6.07, 6.45) is 0.518. The molecule has 1 aromatic heterocycles. The van der Waals surface area contributed by atoms with Crippen LogP contribution in [0.1, 0.15) is 26.8 Å². The summed E-state index contributed by atoms with van der Waals surface area (Å²) in [5, 5.41) is 9.71. The highest BCUT2D eigenvalue weighted by atomic mass is 32.1. The van der Waals surface area contributed by atoms with Gasteiger partial charge in [0.05, 0.1) is 18.2 Å². The van der Waals surface area contributed by atoms with Gasteiger partial charge in [0.25, 0.3) is 5.91 Å². The van der Waals surface area contributed by atoms with Crippen molar-refractivity contribution in [1.29, 1.82) is 0 Å². The van der Waals surface area contributed by atoms with Gasteiger partial charge in [-0.25, -0.2) is 4.98 Å². The molecule has 7 heteroatoms. The van der Waals surface area contributed by atoms with Crippen molar-refractivity contribution >= 4 is 23.2 Å². The number of likely N-dealkylation sites (tertiary alicyclic amines) is 1. The molecule has 104 valence electrons. The number of hydrogen-bond acceptors (Lipinski definition) is 5. The predicted molar refractivity (Wildman–Crippen MR) is 69.2 cm³/mol. The Kier molecular flexibility index (Phi) is 4.16. The maximum atomic E-state index is 12.3. The summed E-state index contributed by atoms with van der Waals surface area (Å²) in [5.41, 5.74) is 0.681. The highest BCUT2D eigenvalue weighted by Crippen LogP contribution is 2.24. The second-order valence-corrected chi connectivity index (χ2v) is 5.61. The number of carbonyl (C=O) groups is 2. The number of nitrogens with zero attached hydrogens (tertiary/aromatic N) is 2. The molecule has 1 aliphatic heterocycles. The second kappa shape index (κ2) is 5.66. The molecule has 0 aliphatic carbocycles. The third-order valence-electron chi connectivity index (χ3n) is 3.13. The first kappa shape index (κ1) is 14.0. The summed E-state index contributed by atoms with van der Waals surface area (Å²) in [6.45, 7) is 2.95. The van der Waals surface area contributed by atoms with E-state index < -0.39 is 11.9 Å². The normalized spacial score (nSPS) is 18.8. The number of aliphatic carboxylic acids is 1. The van der Waals surface area contributed by atoms with E-state index in [1.165, 1.54) is 11.3 Å². The highest BCUT2D eigenvalue weighted by molar-refractivity contribution is 7.13. The molecule has 6 nitrogen and oxygen atoms in total. The van der Waals surface area contributed by atoms with E-state index in [0.29, 0.717) is 30.1 Å². The molecule has 0 spiro atoms. The number of aryl methyl sites for hydroxylation is 1. The van der Waals surface area contributed by atoms with Crippen LogP contribution in [0.15, 0.2) is 0 Å². The van der Waals surface area contributed by atoms with Gasteiger partial charge in [-0.05, 0) is 13.3 Å². The number of ether oxygens (including phenoxy) is 1. The van der Waals surface area contributed by atoms with Crippen LogP contribution in [-0.2, 0) is 16.1 Å². The fourth-order valence-electron chi connectivity index (χ4n) is 2.13. The molecule has 1 atom stereocenters. The van der Waals surface area contributed by atoms with Gasteiger partial charge in [-0.1, -0.05) is 0 Å². The van der Waals surface area contributed by atoms with Gasteiger partial charge >= 0.3 is 5.97 Å².